The van der Waals surface area contributed by atoms with E-state index in [1.54, 1.807) is 6.07 Å². The highest BCUT2D eigenvalue weighted by molar-refractivity contribution is 5.72. The summed E-state index contributed by atoms with van der Waals surface area (Å²) in [6.45, 7) is 1.93. The van der Waals surface area contributed by atoms with E-state index in [2.05, 4.69) is 10.1 Å². The molecule has 5 nitrogen and oxygen atoms in total. The van der Waals surface area contributed by atoms with Gasteiger partial charge in [-0.3, -0.25) is 0 Å². The van der Waals surface area contributed by atoms with E-state index in [1.165, 1.54) is 12.1 Å². The summed E-state index contributed by atoms with van der Waals surface area (Å²) >= 11 is 0. The summed E-state index contributed by atoms with van der Waals surface area (Å²) in [7, 11) is 0. The average molecular weight is 285 g/mol. The van der Waals surface area contributed by atoms with Crippen molar-refractivity contribution in [2.24, 2.45) is 0 Å². The van der Waals surface area contributed by atoms with Gasteiger partial charge >= 0.3 is 0 Å². The molecule has 3 rings (SSSR count). The molecule has 0 saturated carbocycles. The molecular formula is C15H12FN3O2. The van der Waals surface area contributed by atoms with Crippen LogP contribution in [-0.2, 0) is 0 Å². The molecule has 1 aromatic heterocycles. The Morgan fingerprint density at radius 3 is 2.76 bits per heavy atom. The minimum absolute atomic E-state index is 0.227. The Balaban J connectivity index is 2.03. The highest BCUT2D eigenvalue weighted by atomic mass is 19.1. The number of hydrogen-bond acceptors (Lipinski definition) is 5. The number of phenols is 1. The van der Waals surface area contributed by atoms with Crippen LogP contribution in [0.5, 0.6) is 5.75 Å². The molecule has 1 heterocycles. The molecule has 0 unspecified atom stereocenters. The van der Waals surface area contributed by atoms with Gasteiger partial charge in [-0.2, -0.15) is 4.98 Å². The summed E-state index contributed by atoms with van der Waals surface area (Å²) in [5, 5.41) is 13.0. The van der Waals surface area contributed by atoms with Crippen LogP contribution in [0.2, 0.25) is 0 Å². The van der Waals surface area contributed by atoms with Gasteiger partial charge in [0, 0.05) is 11.3 Å². The normalized spacial score (nSPS) is 10.8. The van der Waals surface area contributed by atoms with Gasteiger partial charge in [-0.25, -0.2) is 4.39 Å². The molecule has 0 bridgehead atoms. The van der Waals surface area contributed by atoms with Crippen LogP contribution in [0.1, 0.15) is 5.56 Å². The molecule has 2 aromatic carbocycles. The zero-order chi connectivity index (χ0) is 15.0. The maximum absolute atomic E-state index is 13.4. The predicted molar refractivity (Wildman–Crippen MR) is 75.9 cm³/mol. The van der Waals surface area contributed by atoms with E-state index in [1.807, 2.05) is 19.1 Å². The number of benzene rings is 2. The fourth-order valence-corrected chi connectivity index (χ4v) is 1.95. The Morgan fingerprint density at radius 2 is 2.00 bits per heavy atom. The third kappa shape index (κ3) is 2.43. The van der Waals surface area contributed by atoms with E-state index < -0.39 is 11.6 Å². The van der Waals surface area contributed by atoms with Crippen LogP contribution in [0.4, 0.5) is 10.1 Å². The zero-order valence-electron chi connectivity index (χ0n) is 11.2. The van der Waals surface area contributed by atoms with Gasteiger partial charge in [0.1, 0.15) is 0 Å². The van der Waals surface area contributed by atoms with Crippen molar-refractivity contribution in [3.8, 4) is 28.6 Å². The summed E-state index contributed by atoms with van der Waals surface area (Å²) in [6, 6.07) is 9.36. The van der Waals surface area contributed by atoms with Crippen molar-refractivity contribution >= 4 is 5.69 Å². The first-order valence-corrected chi connectivity index (χ1v) is 6.23. The lowest BCUT2D eigenvalue weighted by atomic mass is 10.1. The predicted octanol–water partition coefficient (Wildman–Crippen LogP) is 3.14. The minimum Gasteiger partial charge on any atom is -0.505 e. The van der Waals surface area contributed by atoms with Crippen molar-refractivity contribution in [1.29, 1.82) is 0 Å². The van der Waals surface area contributed by atoms with Crippen molar-refractivity contribution in [3.05, 3.63) is 47.8 Å². The number of aryl methyl sites for hydroxylation is 1. The lowest BCUT2D eigenvalue weighted by Gasteiger charge is -2.01. The van der Waals surface area contributed by atoms with Crippen LogP contribution in [0.25, 0.3) is 22.8 Å². The molecule has 106 valence electrons. The van der Waals surface area contributed by atoms with Crippen molar-refractivity contribution in [3.63, 3.8) is 0 Å². The highest BCUT2D eigenvalue weighted by Gasteiger charge is 2.14. The van der Waals surface area contributed by atoms with Gasteiger partial charge in [0.15, 0.2) is 11.6 Å². The lowest BCUT2D eigenvalue weighted by Crippen LogP contribution is -1.91. The van der Waals surface area contributed by atoms with Gasteiger partial charge in [0.05, 0.1) is 5.56 Å². The summed E-state index contributed by atoms with van der Waals surface area (Å²) in [5.74, 6) is -0.677. The molecule has 21 heavy (non-hydrogen) atoms. The smallest absolute Gasteiger partial charge is 0.260 e. The number of rotatable bonds is 2. The van der Waals surface area contributed by atoms with E-state index in [9.17, 15) is 9.50 Å². The molecule has 0 spiro atoms. The Hall–Kier alpha value is -2.89. The fraction of sp³-hybridized carbons (Fsp3) is 0.0667. The minimum atomic E-state index is -0.742. The number of nitrogen functional groups attached to an aromatic ring is 1. The number of nitrogens with two attached hydrogens (primary N) is 1. The number of nitrogens with zero attached hydrogens (tertiary/aromatic N) is 2. The third-order valence-corrected chi connectivity index (χ3v) is 3.07. The first-order chi connectivity index (χ1) is 10.0. The van der Waals surface area contributed by atoms with E-state index in [4.69, 9.17) is 10.3 Å². The molecule has 0 radical (unpaired) electrons. The maximum Gasteiger partial charge on any atom is 0.260 e. The zero-order valence-corrected chi connectivity index (χ0v) is 11.2. The second-order valence-corrected chi connectivity index (χ2v) is 4.68. The Morgan fingerprint density at radius 1 is 1.19 bits per heavy atom. The van der Waals surface area contributed by atoms with Crippen molar-refractivity contribution < 1.29 is 14.0 Å². The number of aromatic hydroxyl groups is 1. The van der Waals surface area contributed by atoms with Crippen LogP contribution >= 0.6 is 0 Å². The van der Waals surface area contributed by atoms with E-state index >= 15 is 0 Å². The summed E-state index contributed by atoms with van der Waals surface area (Å²) in [4.78, 5) is 4.22. The van der Waals surface area contributed by atoms with Gasteiger partial charge in [0.2, 0.25) is 5.82 Å². The van der Waals surface area contributed by atoms with E-state index in [0.717, 1.165) is 11.6 Å². The standard InChI is InChI=1S/C15H12FN3O2/c1-8-2-4-12(17)10(6-8)15-18-14(19-21-15)9-3-5-13(20)11(16)7-9/h2-7,20H,17H2,1H3. The molecule has 0 amide bonds. The van der Waals surface area contributed by atoms with Crippen LogP contribution in [-0.4, -0.2) is 15.2 Å². The van der Waals surface area contributed by atoms with Crippen molar-refractivity contribution in [2.75, 3.05) is 5.73 Å². The first-order valence-electron chi connectivity index (χ1n) is 6.23. The Kier molecular flexibility index (Phi) is 3.06. The number of aromatic nitrogens is 2. The summed E-state index contributed by atoms with van der Waals surface area (Å²) < 4.78 is 18.5. The van der Waals surface area contributed by atoms with Gasteiger partial charge in [0.25, 0.3) is 5.89 Å². The fourth-order valence-electron chi connectivity index (χ4n) is 1.95. The number of halogens is 1. The third-order valence-electron chi connectivity index (χ3n) is 3.07. The van der Waals surface area contributed by atoms with Gasteiger partial charge in [-0.05, 0) is 37.3 Å². The second-order valence-electron chi connectivity index (χ2n) is 4.68. The molecule has 3 aromatic rings. The van der Waals surface area contributed by atoms with E-state index in [0.29, 0.717) is 16.8 Å². The van der Waals surface area contributed by atoms with E-state index in [-0.39, 0.29) is 11.7 Å². The quantitative estimate of drug-likeness (QED) is 0.706. The monoisotopic (exact) mass is 285 g/mol. The highest BCUT2D eigenvalue weighted by Crippen LogP contribution is 2.28. The number of phenolic OH excluding ortho intramolecular Hbond substituents is 1. The molecule has 0 aliphatic heterocycles. The van der Waals surface area contributed by atoms with Crippen LogP contribution in [0.3, 0.4) is 0 Å². The molecule has 0 saturated heterocycles. The molecule has 0 fully saturated rings. The Labute approximate surface area is 119 Å². The molecule has 0 aliphatic carbocycles. The van der Waals surface area contributed by atoms with Crippen LogP contribution in [0, 0.1) is 12.7 Å². The molecule has 0 atom stereocenters. The molecule has 6 heteroatoms. The average Bonchev–Trinajstić information content (AvgIpc) is 2.94. The van der Waals surface area contributed by atoms with Crippen molar-refractivity contribution in [1.82, 2.24) is 10.1 Å². The second kappa shape index (κ2) is 4.90. The molecule has 3 N–H and O–H groups in total. The van der Waals surface area contributed by atoms with Gasteiger partial charge < -0.3 is 15.4 Å². The lowest BCUT2D eigenvalue weighted by molar-refractivity contribution is 0.430. The molecular weight excluding hydrogens is 273 g/mol. The first kappa shape index (κ1) is 13.1. The summed E-state index contributed by atoms with van der Waals surface area (Å²) in [6.07, 6.45) is 0. The Bertz CT molecular complexity index is 814. The number of anilines is 1. The van der Waals surface area contributed by atoms with Gasteiger partial charge in [-0.1, -0.05) is 16.8 Å². The van der Waals surface area contributed by atoms with Crippen LogP contribution in [0.15, 0.2) is 40.9 Å². The largest absolute Gasteiger partial charge is 0.505 e. The molecule has 0 aliphatic rings. The maximum atomic E-state index is 13.4. The van der Waals surface area contributed by atoms with Gasteiger partial charge in [-0.15, -0.1) is 0 Å². The topological polar surface area (TPSA) is 85.2 Å². The van der Waals surface area contributed by atoms with Crippen molar-refractivity contribution in [2.45, 2.75) is 6.92 Å². The number of hydrogen-bond donors (Lipinski definition) is 2. The SMILES string of the molecule is Cc1ccc(N)c(-c2nc(-c3ccc(O)c(F)c3)no2)c1. The summed E-state index contributed by atoms with van der Waals surface area (Å²) in [5.41, 5.74) is 8.46. The van der Waals surface area contributed by atoms with Crippen LogP contribution < -0.4 is 5.73 Å².